The third-order valence-electron chi connectivity index (χ3n) is 4.57. The fraction of sp³-hybridized carbons (Fsp3) is 1.00. The molecule has 0 aromatic carbocycles. The third-order valence-corrected chi connectivity index (χ3v) is 4.57. The molecule has 0 saturated carbocycles. The van der Waals surface area contributed by atoms with Crippen LogP contribution >= 0.6 is 0 Å². The van der Waals surface area contributed by atoms with Crippen LogP contribution in [0.15, 0.2) is 0 Å². The van der Waals surface area contributed by atoms with Crippen molar-refractivity contribution < 1.29 is 5.11 Å². The molecule has 1 atom stereocenters. The lowest BCUT2D eigenvalue weighted by atomic mass is 10.0. The van der Waals surface area contributed by atoms with E-state index in [-0.39, 0.29) is 6.23 Å². The van der Waals surface area contributed by atoms with Crippen LogP contribution in [0.25, 0.3) is 0 Å². The zero-order valence-electron chi connectivity index (χ0n) is 15.1. The van der Waals surface area contributed by atoms with Crippen molar-refractivity contribution in [1.29, 1.82) is 0 Å². The first kappa shape index (κ1) is 20.9. The van der Waals surface area contributed by atoms with Gasteiger partial charge in [0.05, 0.1) is 0 Å². The summed E-state index contributed by atoms with van der Waals surface area (Å²) in [6.07, 6.45) is 18.7. The summed E-state index contributed by atoms with van der Waals surface area (Å²) in [5.41, 5.74) is 0. The van der Waals surface area contributed by atoms with Gasteiger partial charge in [0.1, 0.15) is 6.23 Å². The first-order chi connectivity index (χ1) is 10.2. The summed E-state index contributed by atoms with van der Waals surface area (Å²) in [4.78, 5) is 2.01. The van der Waals surface area contributed by atoms with Crippen LogP contribution in [0.2, 0.25) is 0 Å². The maximum absolute atomic E-state index is 9.82. The van der Waals surface area contributed by atoms with E-state index in [0.29, 0.717) is 0 Å². The highest BCUT2D eigenvalue weighted by molar-refractivity contribution is 4.55. The molecule has 0 aromatic heterocycles. The molecule has 1 N–H and O–H groups in total. The molecule has 128 valence electrons. The second-order valence-electron chi connectivity index (χ2n) is 6.59. The number of hydrogen-bond acceptors (Lipinski definition) is 2. The number of rotatable bonds is 16. The van der Waals surface area contributed by atoms with Gasteiger partial charge in [-0.05, 0) is 26.4 Å². The molecule has 1 unspecified atom stereocenters. The van der Waals surface area contributed by atoms with Gasteiger partial charge in [-0.1, -0.05) is 90.9 Å². The van der Waals surface area contributed by atoms with Crippen molar-refractivity contribution in [3.63, 3.8) is 0 Å². The molecule has 0 aliphatic carbocycles. The SMILES string of the molecule is CCCCCCCCCCCCCCCC(O)N(C)CC. The van der Waals surface area contributed by atoms with Gasteiger partial charge in [0, 0.05) is 0 Å². The first-order valence-electron chi connectivity index (χ1n) is 9.60. The van der Waals surface area contributed by atoms with E-state index in [0.717, 1.165) is 13.0 Å². The van der Waals surface area contributed by atoms with Crippen LogP contribution in [0.1, 0.15) is 104 Å². The molecule has 21 heavy (non-hydrogen) atoms. The van der Waals surface area contributed by atoms with E-state index in [4.69, 9.17) is 0 Å². The molecule has 0 aliphatic rings. The van der Waals surface area contributed by atoms with Gasteiger partial charge in [-0.3, -0.25) is 4.90 Å². The molecule has 0 spiro atoms. The Kier molecular flexibility index (Phi) is 16.2. The van der Waals surface area contributed by atoms with Crippen LogP contribution < -0.4 is 0 Å². The average molecular weight is 300 g/mol. The zero-order valence-corrected chi connectivity index (χ0v) is 15.1. The molecule has 0 radical (unpaired) electrons. The van der Waals surface area contributed by atoms with Gasteiger partial charge in [-0.2, -0.15) is 0 Å². The number of unbranched alkanes of at least 4 members (excludes halogenated alkanes) is 12. The minimum atomic E-state index is -0.234. The van der Waals surface area contributed by atoms with Crippen molar-refractivity contribution in [2.75, 3.05) is 13.6 Å². The van der Waals surface area contributed by atoms with Crippen LogP contribution in [-0.4, -0.2) is 29.8 Å². The molecule has 0 aliphatic heterocycles. The van der Waals surface area contributed by atoms with E-state index in [1.54, 1.807) is 0 Å². The Morgan fingerprint density at radius 2 is 1.05 bits per heavy atom. The maximum Gasteiger partial charge on any atom is 0.107 e. The number of aliphatic hydroxyl groups excluding tert-OH is 1. The van der Waals surface area contributed by atoms with E-state index in [2.05, 4.69) is 13.8 Å². The van der Waals surface area contributed by atoms with E-state index >= 15 is 0 Å². The summed E-state index contributed by atoms with van der Waals surface area (Å²) in [5.74, 6) is 0. The lowest BCUT2D eigenvalue weighted by Crippen LogP contribution is -2.30. The zero-order chi connectivity index (χ0) is 15.8. The molecular formula is C19H41NO. The summed E-state index contributed by atoms with van der Waals surface area (Å²) in [6, 6.07) is 0. The number of nitrogens with zero attached hydrogens (tertiary/aromatic N) is 1. The second kappa shape index (κ2) is 16.3. The van der Waals surface area contributed by atoms with Crippen LogP contribution in [0.4, 0.5) is 0 Å². The van der Waals surface area contributed by atoms with Crippen molar-refractivity contribution in [3.05, 3.63) is 0 Å². The lowest BCUT2D eigenvalue weighted by molar-refractivity contribution is 0.0173. The van der Waals surface area contributed by atoms with Gasteiger partial charge < -0.3 is 5.11 Å². The van der Waals surface area contributed by atoms with Crippen LogP contribution in [-0.2, 0) is 0 Å². The number of hydrogen-bond donors (Lipinski definition) is 1. The van der Waals surface area contributed by atoms with Crippen molar-refractivity contribution >= 4 is 0 Å². The molecule has 0 amide bonds. The maximum atomic E-state index is 9.82. The smallest absolute Gasteiger partial charge is 0.107 e. The molecule has 2 heteroatoms. The predicted octanol–water partition coefficient (Wildman–Crippen LogP) is 5.74. The fourth-order valence-electron chi connectivity index (χ4n) is 2.78. The molecule has 0 saturated heterocycles. The molecular weight excluding hydrogens is 258 g/mol. The van der Waals surface area contributed by atoms with Crippen molar-refractivity contribution in [2.45, 2.75) is 110 Å². The van der Waals surface area contributed by atoms with Gasteiger partial charge >= 0.3 is 0 Å². The number of aliphatic hydroxyl groups is 1. The van der Waals surface area contributed by atoms with E-state index < -0.39 is 0 Å². The third kappa shape index (κ3) is 14.6. The van der Waals surface area contributed by atoms with Gasteiger partial charge in [0.15, 0.2) is 0 Å². The molecule has 0 bridgehead atoms. The van der Waals surface area contributed by atoms with Gasteiger partial charge in [-0.15, -0.1) is 0 Å². The van der Waals surface area contributed by atoms with E-state index in [9.17, 15) is 5.11 Å². The van der Waals surface area contributed by atoms with E-state index in [1.165, 1.54) is 83.5 Å². The standard InChI is InChI=1S/C19H41NO/c1-4-6-7-8-9-10-11-12-13-14-15-16-17-18-19(21)20(3)5-2/h19,21H,4-18H2,1-3H3. The Bertz CT molecular complexity index is 196. The Morgan fingerprint density at radius 1 is 0.667 bits per heavy atom. The van der Waals surface area contributed by atoms with Crippen molar-refractivity contribution in [1.82, 2.24) is 4.90 Å². The van der Waals surface area contributed by atoms with Crippen LogP contribution in [0.3, 0.4) is 0 Å². The molecule has 0 heterocycles. The molecule has 0 aromatic rings. The van der Waals surface area contributed by atoms with Gasteiger partial charge in [0.25, 0.3) is 0 Å². The molecule has 0 rings (SSSR count). The highest BCUT2D eigenvalue weighted by atomic mass is 16.3. The van der Waals surface area contributed by atoms with Gasteiger partial charge in [-0.25, -0.2) is 0 Å². The Hall–Kier alpha value is -0.0800. The van der Waals surface area contributed by atoms with Crippen molar-refractivity contribution in [2.24, 2.45) is 0 Å². The van der Waals surface area contributed by atoms with Crippen molar-refractivity contribution in [3.8, 4) is 0 Å². The lowest BCUT2D eigenvalue weighted by Gasteiger charge is -2.21. The topological polar surface area (TPSA) is 23.5 Å². The van der Waals surface area contributed by atoms with E-state index in [1.807, 2.05) is 11.9 Å². The minimum Gasteiger partial charge on any atom is -0.378 e. The van der Waals surface area contributed by atoms with Gasteiger partial charge in [0.2, 0.25) is 0 Å². The molecule has 2 nitrogen and oxygen atoms in total. The highest BCUT2D eigenvalue weighted by Crippen LogP contribution is 2.13. The highest BCUT2D eigenvalue weighted by Gasteiger charge is 2.07. The molecule has 0 fully saturated rings. The minimum absolute atomic E-state index is 0.234. The summed E-state index contributed by atoms with van der Waals surface area (Å²) in [5, 5.41) is 9.82. The normalized spacial score (nSPS) is 13.0. The fourth-order valence-corrected chi connectivity index (χ4v) is 2.78. The Balaban J connectivity index is 3.09. The monoisotopic (exact) mass is 299 g/mol. The summed E-state index contributed by atoms with van der Waals surface area (Å²) in [6.45, 7) is 5.30. The Labute approximate surface area is 134 Å². The second-order valence-corrected chi connectivity index (χ2v) is 6.59. The quantitative estimate of drug-likeness (QED) is 0.290. The predicted molar refractivity (Wildman–Crippen MR) is 94.6 cm³/mol. The first-order valence-corrected chi connectivity index (χ1v) is 9.60. The largest absolute Gasteiger partial charge is 0.378 e. The average Bonchev–Trinajstić information content (AvgIpc) is 2.50. The van der Waals surface area contributed by atoms with Crippen LogP contribution in [0, 0.1) is 0 Å². The summed E-state index contributed by atoms with van der Waals surface area (Å²) < 4.78 is 0. The summed E-state index contributed by atoms with van der Waals surface area (Å²) >= 11 is 0. The van der Waals surface area contributed by atoms with Crippen LogP contribution in [0.5, 0.6) is 0 Å². The Morgan fingerprint density at radius 3 is 1.43 bits per heavy atom. The summed E-state index contributed by atoms with van der Waals surface area (Å²) in [7, 11) is 1.99.